The summed E-state index contributed by atoms with van der Waals surface area (Å²) in [5, 5.41) is 13.0. The fraction of sp³-hybridized carbons (Fsp3) is 0.200. The van der Waals surface area contributed by atoms with Crippen molar-refractivity contribution < 1.29 is 13.7 Å². The summed E-state index contributed by atoms with van der Waals surface area (Å²) in [7, 11) is 0. The summed E-state index contributed by atoms with van der Waals surface area (Å²) < 4.78 is 19.1. The van der Waals surface area contributed by atoms with Gasteiger partial charge in [-0.25, -0.2) is 4.39 Å². The minimum Gasteiger partial charge on any atom is -0.334 e. The van der Waals surface area contributed by atoms with Crippen LogP contribution in [0.25, 0.3) is 11.5 Å². The zero-order valence-corrected chi connectivity index (χ0v) is 14.5. The van der Waals surface area contributed by atoms with E-state index in [0.29, 0.717) is 40.6 Å². The second kappa shape index (κ2) is 6.65. The molecule has 27 heavy (non-hydrogen) atoms. The van der Waals surface area contributed by atoms with E-state index in [1.54, 1.807) is 48.2 Å². The van der Waals surface area contributed by atoms with E-state index < -0.39 is 0 Å². The first-order valence-electron chi connectivity index (χ1n) is 8.46. The molecule has 6 nitrogen and oxygen atoms in total. The van der Waals surface area contributed by atoms with Crippen LogP contribution in [0.1, 0.15) is 29.3 Å². The average Bonchev–Trinajstić information content (AvgIpc) is 3.31. The van der Waals surface area contributed by atoms with Crippen molar-refractivity contribution in [1.29, 1.82) is 5.26 Å². The van der Waals surface area contributed by atoms with Gasteiger partial charge in [-0.15, -0.1) is 0 Å². The molecule has 134 valence electrons. The summed E-state index contributed by atoms with van der Waals surface area (Å²) in [5.74, 6) is 0.0349. The molecule has 2 heterocycles. The third-order valence-electron chi connectivity index (χ3n) is 4.64. The van der Waals surface area contributed by atoms with Gasteiger partial charge in [0.05, 0.1) is 11.6 Å². The van der Waals surface area contributed by atoms with Crippen LogP contribution < -0.4 is 4.90 Å². The Labute approximate surface area is 154 Å². The van der Waals surface area contributed by atoms with Gasteiger partial charge in [0, 0.05) is 30.1 Å². The predicted octanol–water partition coefficient (Wildman–Crippen LogP) is 3.58. The van der Waals surface area contributed by atoms with Gasteiger partial charge in [-0.05, 0) is 42.8 Å². The maximum atomic E-state index is 13.8. The van der Waals surface area contributed by atoms with E-state index in [9.17, 15) is 9.18 Å². The van der Waals surface area contributed by atoms with Crippen LogP contribution in [-0.4, -0.2) is 22.6 Å². The van der Waals surface area contributed by atoms with Crippen LogP contribution in [-0.2, 0) is 4.79 Å². The normalized spacial score (nSPS) is 16.6. The number of hydrogen-bond donors (Lipinski definition) is 0. The number of anilines is 1. The molecule has 1 aliphatic heterocycles. The van der Waals surface area contributed by atoms with E-state index in [4.69, 9.17) is 9.78 Å². The predicted molar refractivity (Wildman–Crippen MR) is 95.3 cm³/mol. The smallest absolute Gasteiger partial charge is 0.257 e. The second-order valence-corrected chi connectivity index (χ2v) is 6.49. The average molecular weight is 362 g/mol. The Kier molecular flexibility index (Phi) is 4.16. The fourth-order valence-corrected chi connectivity index (χ4v) is 3.12. The van der Waals surface area contributed by atoms with Crippen LogP contribution in [0.4, 0.5) is 10.1 Å². The van der Waals surface area contributed by atoms with Gasteiger partial charge in [-0.3, -0.25) is 4.79 Å². The summed E-state index contributed by atoms with van der Waals surface area (Å²) >= 11 is 0. The highest BCUT2D eigenvalue weighted by Gasteiger charge is 2.34. The van der Waals surface area contributed by atoms with E-state index in [2.05, 4.69) is 16.2 Å². The zero-order chi connectivity index (χ0) is 19.0. The molecule has 0 saturated carbocycles. The maximum absolute atomic E-state index is 13.8. The van der Waals surface area contributed by atoms with Gasteiger partial charge in [0.1, 0.15) is 5.82 Å². The van der Waals surface area contributed by atoms with Crippen LogP contribution in [0.2, 0.25) is 0 Å². The zero-order valence-electron chi connectivity index (χ0n) is 14.5. The van der Waals surface area contributed by atoms with Crippen LogP contribution in [0.5, 0.6) is 0 Å². The fourth-order valence-electron chi connectivity index (χ4n) is 3.12. The van der Waals surface area contributed by atoms with Crippen molar-refractivity contribution in [1.82, 2.24) is 10.1 Å². The number of rotatable bonds is 3. The maximum Gasteiger partial charge on any atom is 0.257 e. The Morgan fingerprint density at radius 2 is 2.15 bits per heavy atom. The lowest BCUT2D eigenvalue weighted by atomic mass is 10.1. The number of aromatic nitrogens is 2. The van der Waals surface area contributed by atoms with Gasteiger partial charge in [0.15, 0.2) is 5.82 Å². The van der Waals surface area contributed by atoms with Crippen molar-refractivity contribution in [2.75, 3.05) is 11.4 Å². The van der Waals surface area contributed by atoms with Gasteiger partial charge in [-0.2, -0.15) is 10.2 Å². The molecule has 0 N–H and O–H groups in total. The molecule has 2 aromatic carbocycles. The summed E-state index contributed by atoms with van der Waals surface area (Å²) in [6, 6.07) is 13.7. The molecule has 0 radical (unpaired) electrons. The Balaban J connectivity index is 1.57. The first-order valence-corrected chi connectivity index (χ1v) is 8.46. The molecule has 1 amide bonds. The number of nitriles is 1. The monoisotopic (exact) mass is 362 g/mol. The van der Waals surface area contributed by atoms with Crippen molar-refractivity contribution >= 4 is 11.6 Å². The highest BCUT2D eigenvalue weighted by Crippen LogP contribution is 2.32. The molecular formula is C20H15FN4O2. The molecule has 0 spiro atoms. The molecular weight excluding hydrogens is 347 g/mol. The quantitative estimate of drug-likeness (QED) is 0.711. The van der Waals surface area contributed by atoms with E-state index in [-0.39, 0.29) is 24.1 Å². The molecule has 1 aliphatic rings. The Morgan fingerprint density at radius 3 is 2.93 bits per heavy atom. The summed E-state index contributed by atoms with van der Waals surface area (Å²) in [6.07, 6.45) is 0.229. The number of benzene rings is 2. The second-order valence-electron chi connectivity index (χ2n) is 6.49. The van der Waals surface area contributed by atoms with Crippen molar-refractivity contribution in [2.24, 2.45) is 0 Å². The number of halogens is 1. The number of carbonyl (C=O) groups is 1. The molecule has 0 bridgehead atoms. The Hall–Kier alpha value is -3.53. The van der Waals surface area contributed by atoms with E-state index in [0.717, 1.165) is 0 Å². The van der Waals surface area contributed by atoms with Crippen molar-refractivity contribution in [3.63, 3.8) is 0 Å². The van der Waals surface area contributed by atoms with Crippen LogP contribution in [0, 0.1) is 24.1 Å². The lowest BCUT2D eigenvalue weighted by Gasteiger charge is -2.16. The van der Waals surface area contributed by atoms with Crippen molar-refractivity contribution in [2.45, 2.75) is 19.3 Å². The van der Waals surface area contributed by atoms with E-state index in [1.165, 1.54) is 6.07 Å². The molecule has 1 fully saturated rings. The minimum absolute atomic E-state index is 0.110. The number of aryl methyl sites for hydroxylation is 1. The van der Waals surface area contributed by atoms with Crippen LogP contribution >= 0.6 is 0 Å². The van der Waals surface area contributed by atoms with Gasteiger partial charge in [-0.1, -0.05) is 17.3 Å². The van der Waals surface area contributed by atoms with E-state index >= 15 is 0 Å². The standard InChI is InChI=1S/C20H15FN4O2/c1-12-5-6-16(9-17(12)21)25-11-15(8-18(25)26)19-23-20(27-24-19)14-4-2-3-13(7-14)10-22/h2-7,9,15H,8,11H2,1H3. The van der Waals surface area contributed by atoms with Crippen LogP contribution in [0.3, 0.4) is 0 Å². The Bertz CT molecular complexity index is 1070. The number of hydrogen-bond acceptors (Lipinski definition) is 5. The molecule has 0 aliphatic carbocycles. The highest BCUT2D eigenvalue weighted by atomic mass is 19.1. The molecule has 1 unspecified atom stereocenters. The lowest BCUT2D eigenvalue weighted by molar-refractivity contribution is -0.117. The van der Waals surface area contributed by atoms with Crippen LogP contribution in [0.15, 0.2) is 47.0 Å². The minimum atomic E-state index is -0.344. The third kappa shape index (κ3) is 3.17. The van der Waals surface area contributed by atoms with Crippen molar-refractivity contribution in [3.8, 4) is 17.5 Å². The molecule has 1 atom stereocenters. The molecule has 7 heteroatoms. The van der Waals surface area contributed by atoms with E-state index in [1.807, 2.05) is 0 Å². The van der Waals surface area contributed by atoms with Gasteiger partial charge < -0.3 is 9.42 Å². The number of carbonyl (C=O) groups excluding carboxylic acids is 1. The number of amides is 1. The first kappa shape index (κ1) is 16.9. The van der Waals surface area contributed by atoms with Gasteiger partial charge in [0.25, 0.3) is 5.89 Å². The molecule has 4 rings (SSSR count). The third-order valence-corrected chi connectivity index (χ3v) is 4.64. The van der Waals surface area contributed by atoms with Crippen molar-refractivity contribution in [3.05, 3.63) is 65.2 Å². The summed E-state index contributed by atoms with van der Waals surface area (Å²) in [4.78, 5) is 18.3. The lowest BCUT2D eigenvalue weighted by Crippen LogP contribution is -2.24. The molecule has 3 aromatic rings. The molecule has 1 saturated heterocycles. The Morgan fingerprint density at radius 1 is 1.30 bits per heavy atom. The summed E-state index contributed by atoms with van der Waals surface area (Å²) in [6.45, 7) is 2.04. The SMILES string of the molecule is Cc1ccc(N2CC(c3noc(-c4cccc(C#N)c4)n3)CC2=O)cc1F. The summed E-state index contributed by atoms with van der Waals surface area (Å²) in [5.41, 5.74) is 2.20. The largest absolute Gasteiger partial charge is 0.334 e. The van der Waals surface area contributed by atoms with Gasteiger partial charge >= 0.3 is 0 Å². The number of nitrogens with zero attached hydrogens (tertiary/aromatic N) is 4. The highest BCUT2D eigenvalue weighted by molar-refractivity contribution is 5.96. The topological polar surface area (TPSA) is 83.0 Å². The molecule has 1 aromatic heterocycles. The first-order chi connectivity index (χ1) is 13.0. The van der Waals surface area contributed by atoms with Gasteiger partial charge in [0.2, 0.25) is 5.91 Å².